The highest BCUT2D eigenvalue weighted by Gasteiger charge is 2.34. The van der Waals surface area contributed by atoms with E-state index in [4.69, 9.17) is 11.2 Å². The van der Waals surface area contributed by atoms with Crippen LogP contribution in [0, 0.1) is 24.2 Å². The highest BCUT2D eigenvalue weighted by atomic mass is 16.5. The van der Waals surface area contributed by atoms with Gasteiger partial charge in [0.25, 0.3) is 0 Å². The number of hydrogen-bond donors (Lipinski definition) is 3. The first kappa shape index (κ1) is 16.5. The van der Waals surface area contributed by atoms with Gasteiger partial charge in [-0.3, -0.25) is 0 Å². The first-order chi connectivity index (χ1) is 11.6. The molecule has 1 fully saturated rings. The van der Waals surface area contributed by atoms with Gasteiger partial charge in [0, 0.05) is 17.5 Å². The lowest BCUT2D eigenvalue weighted by Crippen LogP contribution is -2.48. The number of benzene rings is 2. The van der Waals surface area contributed by atoms with E-state index in [1.54, 1.807) is 0 Å². The molecule has 24 heavy (non-hydrogen) atoms. The van der Waals surface area contributed by atoms with E-state index >= 15 is 0 Å². The highest BCUT2D eigenvalue weighted by molar-refractivity contribution is 5.85. The summed E-state index contributed by atoms with van der Waals surface area (Å²) in [6.07, 6.45) is 2.33. The van der Waals surface area contributed by atoms with Crippen LogP contribution in [-0.2, 0) is 4.74 Å². The molecule has 1 saturated heterocycles. The molecule has 3 N–H and O–H groups in total. The Balaban J connectivity index is 1.82. The van der Waals surface area contributed by atoms with Crippen molar-refractivity contribution in [3.63, 3.8) is 0 Å². The van der Waals surface area contributed by atoms with Crippen molar-refractivity contribution >= 4 is 10.8 Å². The molecule has 3 unspecified atom stereocenters. The van der Waals surface area contributed by atoms with Gasteiger partial charge < -0.3 is 20.1 Å². The number of ether oxygens (including phenoxy) is 1. The average molecular weight is 322 g/mol. The summed E-state index contributed by atoms with van der Waals surface area (Å²) in [5, 5.41) is 30.9. The molecule has 0 radical (unpaired) electrons. The second-order valence-electron chi connectivity index (χ2n) is 5.84. The van der Waals surface area contributed by atoms with Gasteiger partial charge in [0.1, 0.15) is 12.2 Å². The molecule has 2 aromatic rings. The van der Waals surface area contributed by atoms with Crippen molar-refractivity contribution in [2.45, 2.75) is 30.8 Å². The molecule has 0 saturated carbocycles. The van der Waals surface area contributed by atoms with Gasteiger partial charge in [-0.15, -0.1) is 6.42 Å². The fourth-order valence-electron chi connectivity index (χ4n) is 2.76. The zero-order valence-electron chi connectivity index (χ0n) is 13.0. The van der Waals surface area contributed by atoms with Crippen molar-refractivity contribution in [3.05, 3.63) is 47.5 Å². The van der Waals surface area contributed by atoms with Crippen LogP contribution in [0.1, 0.15) is 17.5 Å². The van der Waals surface area contributed by atoms with E-state index in [2.05, 4.69) is 17.8 Å². The molecule has 0 bridgehead atoms. The lowest BCUT2D eigenvalue weighted by atomic mass is 9.98. The predicted octanol–water partition coefficient (Wildman–Crippen LogP) is 1.04. The van der Waals surface area contributed by atoms with Crippen LogP contribution in [0.15, 0.2) is 36.4 Å². The van der Waals surface area contributed by atoms with Crippen molar-refractivity contribution in [2.24, 2.45) is 0 Å². The van der Waals surface area contributed by atoms with Crippen LogP contribution in [0.4, 0.5) is 0 Å². The Morgan fingerprint density at radius 3 is 2.38 bits per heavy atom. The largest absolute Gasteiger partial charge is 0.394 e. The van der Waals surface area contributed by atoms with E-state index in [1.165, 1.54) is 0 Å². The van der Waals surface area contributed by atoms with E-state index in [0.29, 0.717) is 0 Å². The fourth-order valence-corrected chi connectivity index (χ4v) is 2.76. The van der Waals surface area contributed by atoms with Crippen LogP contribution in [0.3, 0.4) is 0 Å². The fraction of sp³-hybridized carbons (Fsp3) is 0.300. The van der Waals surface area contributed by atoms with Gasteiger partial charge in [-0.05, 0) is 35.0 Å². The third-order valence-electron chi connectivity index (χ3n) is 4.13. The van der Waals surface area contributed by atoms with Gasteiger partial charge in [-0.2, -0.15) is 0 Å². The Morgan fingerprint density at radius 2 is 1.71 bits per heavy atom. The quantitative estimate of drug-likeness (QED) is 0.686. The number of fused-ring (bicyclic) bond motifs is 1. The normalized spacial score (nSPS) is 26.4. The third kappa shape index (κ3) is 3.43. The number of rotatable bonds is 1. The lowest BCUT2D eigenvalue weighted by Gasteiger charge is -2.33. The van der Waals surface area contributed by atoms with Gasteiger partial charge in [0.2, 0.25) is 0 Å². The van der Waals surface area contributed by atoms with Crippen LogP contribution in [0.5, 0.6) is 0 Å². The van der Waals surface area contributed by atoms with E-state index in [1.807, 2.05) is 36.4 Å². The van der Waals surface area contributed by atoms with Crippen molar-refractivity contribution in [3.8, 4) is 24.2 Å². The standard InChI is InChI=1S/C20H18O4/c1-2-13-3-6-16-10-14(4-7-15(16)9-13)5-8-19-17(22)11-18(23)20(12-21)24-19/h1,3-4,6-7,9-10,17-23H,11-12H2/t17?,18-,19?,20?/m0/s1. The second-order valence-corrected chi connectivity index (χ2v) is 5.84. The van der Waals surface area contributed by atoms with Gasteiger partial charge in [0.05, 0.1) is 18.8 Å². The zero-order valence-corrected chi connectivity index (χ0v) is 13.0. The van der Waals surface area contributed by atoms with Crippen molar-refractivity contribution in [2.75, 3.05) is 6.61 Å². The summed E-state index contributed by atoms with van der Waals surface area (Å²) in [5.41, 5.74) is 1.62. The highest BCUT2D eigenvalue weighted by Crippen LogP contribution is 2.21. The van der Waals surface area contributed by atoms with Crippen LogP contribution < -0.4 is 0 Å². The van der Waals surface area contributed by atoms with Crippen molar-refractivity contribution < 1.29 is 20.1 Å². The summed E-state index contributed by atoms with van der Waals surface area (Å²) >= 11 is 0. The molecule has 122 valence electrons. The molecule has 4 heteroatoms. The maximum Gasteiger partial charge on any atom is 0.145 e. The van der Waals surface area contributed by atoms with E-state index < -0.39 is 24.4 Å². The first-order valence-electron chi connectivity index (χ1n) is 7.75. The minimum Gasteiger partial charge on any atom is -0.394 e. The minimum atomic E-state index is -0.881. The summed E-state index contributed by atoms with van der Waals surface area (Å²) in [7, 11) is 0. The number of terminal acetylenes is 1. The number of hydrogen-bond acceptors (Lipinski definition) is 4. The van der Waals surface area contributed by atoms with Gasteiger partial charge in [-0.25, -0.2) is 0 Å². The summed E-state index contributed by atoms with van der Waals surface area (Å²) in [6.45, 7) is -0.306. The summed E-state index contributed by atoms with van der Waals surface area (Å²) in [6, 6.07) is 11.5. The Bertz CT molecular complexity index is 840. The molecular formula is C20H18O4. The minimum absolute atomic E-state index is 0.136. The molecule has 4 nitrogen and oxygen atoms in total. The average Bonchev–Trinajstić information content (AvgIpc) is 2.60. The van der Waals surface area contributed by atoms with Crippen LogP contribution in [0.2, 0.25) is 0 Å². The Morgan fingerprint density at radius 1 is 1.04 bits per heavy atom. The first-order valence-corrected chi connectivity index (χ1v) is 7.75. The monoisotopic (exact) mass is 322 g/mol. The third-order valence-corrected chi connectivity index (χ3v) is 4.13. The molecule has 3 rings (SSSR count). The molecule has 1 heterocycles. The molecule has 0 aliphatic carbocycles. The predicted molar refractivity (Wildman–Crippen MR) is 91.1 cm³/mol. The molecule has 0 spiro atoms. The van der Waals surface area contributed by atoms with Crippen molar-refractivity contribution in [1.82, 2.24) is 0 Å². The lowest BCUT2D eigenvalue weighted by molar-refractivity contribution is -0.160. The summed E-state index contributed by atoms with van der Waals surface area (Å²) in [4.78, 5) is 0. The van der Waals surface area contributed by atoms with Crippen LogP contribution in [-0.4, -0.2) is 46.3 Å². The van der Waals surface area contributed by atoms with E-state index in [-0.39, 0.29) is 13.0 Å². The molecule has 4 atom stereocenters. The second kappa shape index (κ2) is 7.05. The maximum atomic E-state index is 9.97. The Kier molecular flexibility index (Phi) is 4.85. The van der Waals surface area contributed by atoms with E-state index in [9.17, 15) is 15.3 Å². The maximum absolute atomic E-state index is 9.97. The summed E-state index contributed by atoms with van der Waals surface area (Å²) < 4.78 is 5.45. The number of aliphatic hydroxyl groups excluding tert-OH is 3. The van der Waals surface area contributed by atoms with E-state index in [0.717, 1.165) is 21.9 Å². The van der Waals surface area contributed by atoms with Gasteiger partial charge in [0.15, 0.2) is 0 Å². The molecular weight excluding hydrogens is 304 g/mol. The van der Waals surface area contributed by atoms with Crippen molar-refractivity contribution in [1.29, 1.82) is 0 Å². The molecule has 1 aliphatic heterocycles. The molecule has 0 aromatic heterocycles. The summed E-state index contributed by atoms with van der Waals surface area (Å²) in [5.74, 6) is 8.48. The van der Waals surface area contributed by atoms with Gasteiger partial charge in [-0.1, -0.05) is 29.9 Å². The number of aliphatic hydroxyl groups is 3. The SMILES string of the molecule is C#Cc1ccc2cc(C#CC3OC(CO)[C@@H](O)CC3O)ccc2c1. The Hall–Kier alpha value is -2.34. The smallest absolute Gasteiger partial charge is 0.145 e. The molecule has 0 amide bonds. The van der Waals surface area contributed by atoms with Crippen LogP contribution >= 0.6 is 0 Å². The topological polar surface area (TPSA) is 69.9 Å². The zero-order chi connectivity index (χ0) is 17.1. The Labute approximate surface area is 140 Å². The molecule has 1 aliphatic rings. The van der Waals surface area contributed by atoms with Crippen LogP contribution in [0.25, 0.3) is 10.8 Å². The van der Waals surface area contributed by atoms with Gasteiger partial charge >= 0.3 is 0 Å². The molecule has 2 aromatic carbocycles.